The van der Waals surface area contributed by atoms with Gasteiger partial charge in [-0.25, -0.2) is 9.97 Å². The molecule has 2 aliphatic rings. The predicted molar refractivity (Wildman–Crippen MR) is 126 cm³/mol. The number of anilines is 1. The van der Waals surface area contributed by atoms with Gasteiger partial charge in [-0.1, -0.05) is 25.0 Å². The number of carbonyl (C=O) groups excluding carboxylic acids is 1. The molecule has 0 aliphatic heterocycles. The summed E-state index contributed by atoms with van der Waals surface area (Å²) in [7, 11) is 0. The number of H-pyrrole nitrogens is 1. The zero-order valence-electron chi connectivity index (χ0n) is 18.7. The highest BCUT2D eigenvalue weighted by Gasteiger charge is 2.35. The van der Waals surface area contributed by atoms with Gasteiger partial charge in [0.15, 0.2) is 11.5 Å². The molecule has 3 aromatic rings. The summed E-state index contributed by atoms with van der Waals surface area (Å²) < 4.78 is 2.07. The van der Waals surface area contributed by atoms with Crippen molar-refractivity contribution in [1.29, 1.82) is 5.26 Å². The number of aromatic amines is 1. The highest BCUT2D eigenvalue weighted by molar-refractivity contribution is 6.03. The molecule has 1 amide bonds. The molecule has 7 nitrogen and oxygen atoms in total. The van der Waals surface area contributed by atoms with E-state index >= 15 is 0 Å². The number of aromatic nitrogens is 4. The molecule has 7 heteroatoms. The Morgan fingerprint density at radius 1 is 1.27 bits per heavy atom. The third kappa shape index (κ3) is 4.61. The third-order valence-corrected chi connectivity index (χ3v) is 7.17. The summed E-state index contributed by atoms with van der Waals surface area (Å²) in [6.07, 6.45) is 19.1. The second kappa shape index (κ2) is 9.07. The maximum atomic E-state index is 12.8. The molecule has 2 heterocycles. The van der Waals surface area contributed by atoms with E-state index in [1.807, 2.05) is 24.7 Å². The van der Waals surface area contributed by atoms with Gasteiger partial charge < -0.3 is 14.9 Å². The summed E-state index contributed by atoms with van der Waals surface area (Å²) in [5, 5.41) is 12.0. The van der Waals surface area contributed by atoms with Crippen LogP contribution in [0, 0.1) is 16.7 Å². The molecule has 33 heavy (non-hydrogen) atoms. The highest BCUT2D eigenvalue weighted by atomic mass is 16.2. The van der Waals surface area contributed by atoms with Gasteiger partial charge in [0.2, 0.25) is 0 Å². The fourth-order valence-electron chi connectivity index (χ4n) is 5.24. The number of carbonyl (C=O) groups is 1. The fourth-order valence-corrected chi connectivity index (χ4v) is 5.24. The summed E-state index contributed by atoms with van der Waals surface area (Å²) in [4.78, 5) is 23.8. The lowest BCUT2D eigenvalue weighted by atomic mass is 9.72. The fraction of sp³-hybridized carbons (Fsp3) is 0.385. The number of allylic oxidation sites excluding steroid dienone is 2. The maximum absolute atomic E-state index is 12.8. The van der Waals surface area contributed by atoms with Gasteiger partial charge in [-0.3, -0.25) is 4.79 Å². The normalized spacial score (nSPS) is 17.0. The number of amides is 1. The summed E-state index contributed by atoms with van der Waals surface area (Å²) in [5.74, 6) is -0.197. The summed E-state index contributed by atoms with van der Waals surface area (Å²) in [5.41, 5.74) is 5.11. The molecule has 0 radical (unpaired) electrons. The number of nitriles is 1. The van der Waals surface area contributed by atoms with Crippen LogP contribution in [-0.2, 0) is 13.0 Å². The molecule has 5 rings (SSSR count). The lowest BCUT2D eigenvalue weighted by Crippen LogP contribution is -2.19. The van der Waals surface area contributed by atoms with Gasteiger partial charge in [0.25, 0.3) is 5.91 Å². The topological polar surface area (TPSA) is 99.4 Å². The standard InChI is InChI=1S/C26H28N6O/c27-16-21-17-29-24(30-21)25(33)31-23-4-3-19(7-13-32-14-12-28-18-32)15-22(23)20-5-10-26(11-6-20)8-1-2-9-26/h3-5,12,14-15,17-18H,1-2,6-11,13H2,(H,29,30)(H,31,33). The minimum Gasteiger partial charge on any atom is -0.339 e. The smallest absolute Gasteiger partial charge is 0.291 e. The third-order valence-electron chi connectivity index (χ3n) is 7.17. The Labute approximate surface area is 193 Å². The van der Waals surface area contributed by atoms with Crippen molar-refractivity contribution in [2.24, 2.45) is 5.41 Å². The van der Waals surface area contributed by atoms with Crippen LogP contribution in [-0.4, -0.2) is 25.4 Å². The second-order valence-electron chi connectivity index (χ2n) is 9.27. The van der Waals surface area contributed by atoms with E-state index in [-0.39, 0.29) is 17.4 Å². The molecule has 168 valence electrons. The van der Waals surface area contributed by atoms with E-state index in [4.69, 9.17) is 5.26 Å². The van der Waals surface area contributed by atoms with Gasteiger partial charge in [-0.05, 0) is 67.2 Å². The Balaban J connectivity index is 1.41. The van der Waals surface area contributed by atoms with Crippen LogP contribution >= 0.6 is 0 Å². The van der Waals surface area contributed by atoms with Crippen molar-refractivity contribution in [3.63, 3.8) is 0 Å². The van der Waals surface area contributed by atoms with Crippen molar-refractivity contribution >= 4 is 17.2 Å². The average molecular weight is 441 g/mol. The van der Waals surface area contributed by atoms with E-state index in [0.29, 0.717) is 5.41 Å². The largest absolute Gasteiger partial charge is 0.339 e. The minimum atomic E-state index is -0.340. The van der Waals surface area contributed by atoms with Gasteiger partial charge in [-0.2, -0.15) is 5.26 Å². The monoisotopic (exact) mass is 440 g/mol. The molecule has 0 bridgehead atoms. The molecule has 2 N–H and O–H groups in total. The second-order valence-corrected chi connectivity index (χ2v) is 9.27. The van der Waals surface area contributed by atoms with Crippen LogP contribution in [0.2, 0.25) is 0 Å². The Hall–Kier alpha value is -3.66. The Morgan fingerprint density at radius 2 is 2.15 bits per heavy atom. The van der Waals surface area contributed by atoms with Gasteiger partial charge in [-0.15, -0.1) is 0 Å². The van der Waals surface area contributed by atoms with Crippen LogP contribution in [0.25, 0.3) is 5.57 Å². The van der Waals surface area contributed by atoms with E-state index in [2.05, 4.69) is 43.0 Å². The van der Waals surface area contributed by atoms with Crippen molar-refractivity contribution in [2.45, 2.75) is 57.9 Å². The van der Waals surface area contributed by atoms with Gasteiger partial charge in [0.1, 0.15) is 6.07 Å². The molecule has 1 spiro atoms. The van der Waals surface area contributed by atoms with Crippen molar-refractivity contribution in [1.82, 2.24) is 19.5 Å². The quantitative estimate of drug-likeness (QED) is 0.557. The zero-order valence-corrected chi connectivity index (χ0v) is 18.7. The van der Waals surface area contributed by atoms with Crippen molar-refractivity contribution in [3.05, 3.63) is 71.8 Å². The number of rotatable bonds is 6. The number of hydrogen-bond acceptors (Lipinski definition) is 4. The van der Waals surface area contributed by atoms with E-state index in [0.717, 1.165) is 37.1 Å². The van der Waals surface area contributed by atoms with Crippen molar-refractivity contribution in [2.75, 3.05) is 5.32 Å². The van der Waals surface area contributed by atoms with E-state index < -0.39 is 0 Å². The first-order valence-electron chi connectivity index (χ1n) is 11.7. The van der Waals surface area contributed by atoms with Crippen molar-refractivity contribution in [3.8, 4) is 6.07 Å². The molecule has 2 aromatic heterocycles. The Bertz CT molecular complexity index is 1210. The number of nitrogens with one attached hydrogen (secondary N) is 2. The number of imidazole rings is 2. The van der Waals surface area contributed by atoms with E-state index in [1.165, 1.54) is 49.4 Å². The summed E-state index contributed by atoms with van der Waals surface area (Å²) in [6.45, 7) is 0.858. The molecule has 0 unspecified atom stereocenters. The van der Waals surface area contributed by atoms with Crippen LogP contribution < -0.4 is 5.32 Å². The SMILES string of the molecule is N#Cc1c[nH]c(C(=O)Nc2ccc(CCn3ccnc3)cc2C2=CCC3(CCCC3)CC2)n1. The Morgan fingerprint density at radius 3 is 2.85 bits per heavy atom. The van der Waals surface area contributed by atoms with Gasteiger partial charge in [0, 0.05) is 36.4 Å². The maximum Gasteiger partial charge on any atom is 0.291 e. The number of benzene rings is 1. The van der Waals surface area contributed by atoms with E-state index in [1.54, 1.807) is 6.20 Å². The molecule has 1 fully saturated rings. The van der Waals surface area contributed by atoms with Crippen molar-refractivity contribution < 1.29 is 4.79 Å². The van der Waals surface area contributed by atoms with Crippen LogP contribution in [0.1, 0.15) is 72.4 Å². The lowest BCUT2D eigenvalue weighted by Gasteiger charge is -2.33. The summed E-state index contributed by atoms with van der Waals surface area (Å²) >= 11 is 0. The minimum absolute atomic E-state index is 0.143. The van der Waals surface area contributed by atoms with E-state index in [9.17, 15) is 4.79 Å². The molecule has 0 atom stereocenters. The molecular weight excluding hydrogens is 412 g/mol. The van der Waals surface area contributed by atoms with Crippen LogP contribution in [0.3, 0.4) is 0 Å². The highest BCUT2D eigenvalue weighted by Crippen LogP contribution is 2.50. The predicted octanol–water partition coefficient (Wildman–Crippen LogP) is 5.10. The summed E-state index contributed by atoms with van der Waals surface area (Å²) in [6, 6.07) is 8.23. The van der Waals surface area contributed by atoms with Gasteiger partial charge in [0.05, 0.1) is 6.33 Å². The molecule has 1 aromatic carbocycles. The molecule has 2 aliphatic carbocycles. The Kier molecular flexibility index (Phi) is 5.82. The first kappa shape index (κ1) is 21.2. The van der Waals surface area contributed by atoms with Crippen LogP contribution in [0.15, 0.2) is 49.2 Å². The number of nitrogens with zero attached hydrogens (tertiary/aromatic N) is 4. The van der Waals surface area contributed by atoms with Gasteiger partial charge >= 0.3 is 0 Å². The number of hydrogen-bond donors (Lipinski definition) is 2. The lowest BCUT2D eigenvalue weighted by molar-refractivity contribution is 0.101. The first-order chi connectivity index (χ1) is 16.1. The van der Waals surface area contributed by atoms with Crippen LogP contribution in [0.4, 0.5) is 5.69 Å². The first-order valence-corrected chi connectivity index (χ1v) is 11.7. The molecule has 1 saturated carbocycles. The molecular formula is C26H28N6O. The van der Waals surface area contributed by atoms with Crippen LogP contribution in [0.5, 0.6) is 0 Å². The number of aryl methyl sites for hydroxylation is 2. The molecule has 0 saturated heterocycles. The average Bonchev–Trinajstić information content (AvgIpc) is 3.61. The zero-order chi connectivity index (χ0) is 22.7.